The van der Waals surface area contributed by atoms with Crippen molar-refractivity contribution in [2.24, 2.45) is 11.8 Å². The molecule has 8 nitrogen and oxygen atoms in total. The first-order valence-electron chi connectivity index (χ1n) is 5.74. The summed E-state index contributed by atoms with van der Waals surface area (Å²) in [7, 11) is 0. The summed E-state index contributed by atoms with van der Waals surface area (Å²) in [6, 6.07) is 0. The van der Waals surface area contributed by atoms with Crippen LogP contribution in [-0.2, 0) is 9.59 Å². The molecule has 0 radical (unpaired) electrons. The van der Waals surface area contributed by atoms with E-state index in [4.69, 9.17) is 10.2 Å². The summed E-state index contributed by atoms with van der Waals surface area (Å²) in [4.78, 5) is 35.5. The second kappa shape index (κ2) is 5.09. The first kappa shape index (κ1) is 13.1. The second-order valence-electron chi connectivity index (χ2n) is 4.42. The van der Waals surface area contributed by atoms with Gasteiger partial charge in [0.15, 0.2) is 0 Å². The highest BCUT2D eigenvalue weighted by Gasteiger charge is 2.40. The number of hydrogen-bond donors (Lipinski definition) is 3. The maximum absolute atomic E-state index is 12.0. The van der Waals surface area contributed by atoms with E-state index in [2.05, 4.69) is 10.2 Å². The Morgan fingerprint density at radius 3 is 2.47 bits per heavy atom. The first-order chi connectivity index (χ1) is 9.00. The van der Waals surface area contributed by atoms with Crippen LogP contribution in [0.3, 0.4) is 0 Å². The van der Waals surface area contributed by atoms with E-state index in [1.807, 2.05) is 0 Å². The average molecular weight is 267 g/mol. The number of carboxylic acid groups (broad SMARTS) is 2. The fraction of sp³-hybridized carbons (Fsp3) is 0.455. The number of aromatic nitrogens is 2. The molecule has 1 amide bonds. The van der Waals surface area contributed by atoms with Crippen molar-refractivity contribution in [2.45, 2.75) is 6.42 Å². The predicted molar refractivity (Wildman–Crippen MR) is 61.4 cm³/mol. The number of nitrogens with one attached hydrogen (secondary N) is 1. The van der Waals surface area contributed by atoms with Crippen LogP contribution in [0.2, 0.25) is 0 Å². The largest absolute Gasteiger partial charge is 0.481 e. The number of rotatable bonds is 3. The van der Waals surface area contributed by atoms with Gasteiger partial charge in [0.2, 0.25) is 0 Å². The molecule has 0 aromatic carbocycles. The lowest BCUT2D eigenvalue weighted by atomic mass is 9.85. The number of piperidine rings is 1. The molecule has 1 saturated heterocycles. The molecule has 0 bridgehead atoms. The predicted octanol–water partition coefficient (Wildman–Crippen LogP) is -0.343. The van der Waals surface area contributed by atoms with Gasteiger partial charge in [0.05, 0.1) is 23.6 Å². The Kier molecular flexibility index (Phi) is 3.50. The van der Waals surface area contributed by atoms with Crippen LogP contribution in [0.4, 0.5) is 0 Å². The molecule has 2 unspecified atom stereocenters. The highest BCUT2D eigenvalue weighted by atomic mass is 16.4. The lowest BCUT2D eigenvalue weighted by Crippen LogP contribution is -2.48. The third-order valence-corrected chi connectivity index (χ3v) is 3.28. The molecular formula is C11H13N3O5. The lowest BCUT2D eigenvalue weighted by Gasteiger charge is -2.34. The van der Waals surface area contributed by atoms with Crippen LogP contribution in [0.1, 0.15) is 16.8 Å². The van der Waals surface area contributed by atoms with Gasteiger partial charge in [-0.3, -0.25) is 19.5 Å². The molecule has 19 heavy (non-hydrogen) atoms. The van der Waals surface area contributed by atoms with E-state index in [1.54, 1.807) is 0 Å². The van der Waals surface area contributed by atoms with E-state index >= 15 is 0 Å². The Hall–Kier alpha value is -2.38. The van der Waals surface area contributed by atoms with Crippen molar-refractivity contribution in [3.8, 4) is 0 Å². The minimum absolute atomic E-state index is 0.101. The smallest absolute Gasteiger partial charge is 0.309 e. The molecule has 2 rings (SSSR count). The Bertz CT molecular complexity index is 498. The lowest BCUT2D eigenvalue weighted by molar-refractivity contribution is -0.156. The number of hydrogen-bond acceptors (Lipinski definition) is 4. The van der Waals surface area contributed by atoms with Crippen LogP contribution < -0.4 is 0 Å². The fourth-order valence-electron chi connectivity index (χ4n) is 2.23. The molecule has 2 atom stereocenters. The van der Waals surface area contributed by atoms with E-state index in [0.29, 0.717) is 5.56 Å². The Morgan fingerprint density at radius 1 is 1.26 bits per heavy atom. The number of carbonyl (C=O) groups is 3. The van der Waals surface area contributed by atoms with E-state index in [1.165, 1.54) is 17.3 Å². The highest BCUT2D eigenvalue weighted by molar-refractivity contribution is 5.94. The molecule has 3 N–H and O–H groups in total. The average Bonchev–Trinajstić information content (AvgIpc) is 2.90. The Morgan fingerprint density at radius 2 is 1.95 bits per heavy atom. The first-order valence-corrected chi connectivity index (χ1v) is 5.74. The molecule has 8 heteroatoms. The maximum atomic E-state index is 12.0. The topological polar surface area (TPSA) is 124 Å². The zero-order valence-electron chi connectivity index (χ0n) is 9.94. The normalized spacial score (nSPS) is 23.1. The molecule has 0 saturated carbocycles. The molecule has 2 heterocycles. The van der Waals surface area contributed by atoms with E-state index < -0.39 is 23.8 Å². The zero-order valence-corrected chi connectivity index (χ0v) is 9.94. The zero-order chi connectivity index (χ0) is 14.0. The van der Waals surface area contributed by atoms with Crippen LogP contribution >= 0.6 is 0 Å². The molecule has 0 spiro atoms. The molecule has 1 aromatic rings. The number of carbonyl (C=O) groups excluding carboxylic acids is 1. The third kappa shape index (κ3) is 2.56. The third-order valence-electron chi connectivity index (χ3n) is 3.28. The number of aromatic amines is 1. The quantitative estimate of drug-likeness (QED) is 0.688. The van der Waals surface area contributed by atoms with Crippen LogP contribution in [-0.4, -0.2) is 56.2 Å². The molecule has 1 aromatic heterocycles. The van der Waals surface area contributed by atoms with Gasteiger partial charge < -0.3 is 15.1 Å². The number of likely N-dealkylation sites (tertiary alicyclic amines) is 1. The van der Waals surface area contributed by atoms with Gasteiger partial charge >= 0.3 is 11.9 Å². The van der Waals surface area contributed by atoms with Crippen molar-refractivity contribution in [3.05, 3.63) is 18.0 Å². The molecular weight excluding hydrogens is 254 g/mol. The summed E-state index contributed by atoms with van der Waals surface area (Å²) in [6.07, 6.45) is 2.90. The summed E-state index contributed by atoms with van der Waals surface area (Å²) in [5, 5.41) is 24.2. The van der Waals surface area contributed by atoms with Crippen LogP contribution in [0.15, 0.2) is 12.4 Å². The minimum Gasteiger partial charge on any atom is -0.481 e. The Labute approximate surface area is 108 Å². The van der Waals surface area contributed by atoms with Gasteiger partial charge in [-0.1, -0.05) is 0 Å². The van der Waals surface area contributed by atoms with Gasteiger partial charge in [-0.25, -0.2) is 0 Å². The van der Waals surface area contributed by atoms with E-state index in [0.717, 1.165) is 0 Å². The Balaban J connectivity index is 2.13. The standard InChI is InChI=1S/C11H13N3O5/c15-9(6-3-12-13-4-6)14-2-1-7(10(16)17)8(5-14)11(18)19/h3-4,7-8H,1-2,5H2,(H,12,13)(H,16,17)(H,18,19). The monoisotopic (exact) mass is 267 g/mol. The summed E-state index contributed by atoms with van der Waals surface area (Å²) >= 11 is 0. The fourth-order valence-corrected chi connectivity index (χ4v) is 2.23. The van der Waals surface area contributed by atoms with Crippen molar-refractivity contribution in [3.63, 3.8) is 0 Å². The van der Waals surface area contributed by atoms with Gasteiger partial charge in [0.1, 0.15) is 0 Å². The van der Waals surface area contributed by atoms with Crippen molar-refractivity contribution >= 4 is 17.8 Å². The summed E-state index contributed by atoms with van der Waals surface area (Å²) in [5.41, 5.74) is 0.331. The highest BCUT2D eigenvalue weighted by Crippen LogP contribution is 2.25. The second-order valence-corrected chi connectivity index (χ2v) is 4.42. The van der Waals surface area contributed by atoms with Gasteiger partial charge in [0, 0.05) is 19.3 Å². The summed E-state index contributed by atoms with van der Waals surface area (Å²) < 4.78 is 0. The van der Waals surface area contributed by atoms with Crippen LogP contribution in [0.5, 0.6) is 0 Å². The number of H-pyrrole nitrogens is 1. The van der Waals surface area contributed by atoms with E-state index in [9.17, 15) is 14.4 Å². The van der Waals surface area contributed by atoms with Crippen LogP contribution in [0, 0.1) is 11.8 Å². The molecule has 102 valence electrons. The molecule has 1 fully saturated rings. The summed E-state index contributed by atoms with van der Waals surface area (Å²) in [5.74, 6) is -4.71. The number of nitrogens with zero attached hydrogens (tertiary/aromatic N) is 2. The number of amides is 1. The molecule has 1 aliphatic heterocycles. The van der Waals surface area contributed by atoms with Gasteiger partial charge in [-0.15, -0.1) is 0 Å². The number of aliphatic carboxylic acids is 2. The van der Waals surface area contributed by atoms with Gasteiger partial charge in [-0.05, 0) is 6.42 Å². The van der Waals surface area contributed by atoms with Gasteiger partial charge in [0.25, 0.3) is 5.91 Å². The molecule has 0 aliphatic carbocycles. The summed E-state index contributed by atoms with van der Waals surface area (Å²) in [6.45, 7) is 0.126. The SMILES string of the molecule is O=C(O)C1CCN(C(=O)c2cn[nH]c2)CC1C(=O)O. The van der Waals surface area contributed by atoms with Crippen molar-refractivity contribution in [1.29, 1.82) is 0 Å². The van der Waals surface area contributed by atoms with Gasteiger partial charge in [-0.2, -0.15) is 5.10 Å². The van der Waals surface area contributed by atoms with E-state index in [-0.39, 0.29) is 25.4 Å². The van der Waals surface area contributed by atoms with Crippen molar-refractivity contribution in [2.75, 3.05) is 13.1 Å². The number of carboxylic acids is 2. The maximum Gasteiger partial charge on any atom is 0.309 e. The molecule has 1 aliphatic rings. The van der Waals surface area contributed by atoms with Crippen molar-refractivity contribution < 1.29 is 24.6 Å². The minimum atomic E-state index is -1.20. The van der Waals surface area contributed by atoms with Crippen molar-refractivity contribution in [1.82, 2.24) is 15.1 Å². The van der Waals surface area contributed by atoms with Crippen LogP contribution in [0.25, 0.3) is 0 Å².